The van der Waals surface area contributed by atoms with Gasteiger partial charge in [0, 0.05) is 19.1 Å². The molecule has 0 N–H and O–H groups in total. The number of aromatic nitrogens is 3. The number of carbonyl (C=O) groups is 1. The number of carbonyl (C=O) groups excluding carboxylic acids is 1. The minimum absolute atomic E-state index is 0.0691. The van der Waals surface area contributed by atoms with Gasteiger partial charge in [0.15, 0.2) is 5.82 Å². The van der Waals surface area contributed by atoms with E-state index in [-0.39, 0.29) is 23.3 Å². The molecular weight excluding hydrogens is 354 g/mol. The van der Waals surface area contributed by atoms with Crippen LogP contribution in [0.25, 0.3) is 11.4 Å². The molecule has 154 valence electrons. The quantitative estimate of drug-likeness (QED) is 0.587. The topological polar surface area (TPSA) is 66.2 Å². The van der Waals surface area contributed by atoms with Gasteiger partial charge >= 0.3 is 6.01 Å². The molecule has 0 spiro atoms. The average Bonchev–Trinajstić information content (AvgIpc) is 3.04. The van der Waals surface area contributed by atoms with Crippen molar-refractivity contribution in [1.29, 1.82) is 0 Å². The van der Waals surface area contributed by atoms with E-state index in [1.165, 1.54) is 10.2 Å². The summed E-state index contributed by atoms with van der Waals surface area (Å²) in [6, 6.07) is 8.25. The van der Waals surface area contributed by atoms with Crippen LogP contribution in [-0.4, -0.2) is 41.0 Å². The first kappa shape index (κ1) is 22.1. The third-order valence-electron chi connectivity index (χ3n) is 4.45. The molecule has 1 atom stereocenters. The van der Waals surface area contributed by atoms with E-state index in [0.29, 0.717) is 25.5 Å². The largest absolute Gasteiger partial charge is 0.460 e. The van der Waals surface area contributed by atoms with Gasteiger partial charge in [0.2, 0.25) is 5.91 Å². The fourth-order valence-corrected chi connectivity index (χ4v) is 3.32. The number of methoxy groups -OCH3 is 1. The van der Waals surface area contributed by atoms with Gasteiger partial charge in [0.25, 0.3) is 0 Å². The molecule has 0 saturated heterocycles. The Morgan fingerprint density at radius 3 is 2.43 bits per heavy atom. The number of hydrogen-bond acceptors (Lipinski definition) is 5. The summed E-state index contributed by atoms with van der Waals surface area (Å²) in [7, 11) is 1.61. The predicted molar refractivity (Wildman–Crippen MR) is 111 cm³/mol. The minimum Gasteiger partial charge on any atom is -0.460 e. The van der Waals surface area contributed by atoms with Crippen LogP contribution in [0.4, 0.5) is 0 Å². The Balaban J connectivity index is 2.27. The maximum absolute atomic E-state index is 13.0. The van der Waals surface area contributed by atoms with Crippen LogP contribution in [0.15, 0.2) is 24.3 Å². The second-order valence-electron chi connectivity index (χ2n) is 8.49. The van der Waals surface area contributed by atoms with Crippen LogP contribution in [0.3, 0.4) is 0 Å². The van der Waals surface area contributed by atoms with Crippen molar-refractivity contribution in [2.45, 2.75) is 53.9 Å². The highest BCUT2D eigenvalue weighted by atomic mass is 16.5. The van der Waals surface area contributed by atoms with Gasteiger partial charge in [-0.1, -0.05) is 58.9 Å². The lowest BCUT2D eigenvalue weighted by Gasteiger charge is -2.22. The van der Waals surface area contributed by atoms with Gasteiger partial charge in [-0.05, 0) is 29.7 Å². The van der Waals surface area contributed by atoms with Gasteiger partial charge in [-0.25, -0.2) is 0 Å². The third kappa shape index (κ3) is 6.44. The van der Waals surface area contributed by atoms with Crippen molar-refractivity contribution in [2.24, 2.45) is 11.3 Å². The summed E-state index contributed by atoms with van der Waals surface area (Å²) in [5, 5.41) is 4.33. The Kier molecular flexibility index (Phi) is 7.75. The van der Waals surface area contributed by atoms with Crippen molar-refractivity contribution in [3.63, 3.8) is 0 Å². The first-order valence-electron chi connectivity index (χ1n) is 9.94. The zero-order valence-electron chi connectivity index (χ0n) is 18.0. The van der Waals surface area contributed by atoms with E-state index in [9.17, 15) is 4.79 Å². The van der Waals surface area contributed by atoms with E-state index in [4.69, 9.17) is 9.47 Å². The third-order valence-corrected chi connectivity index (χ3v) is 4.45. The smallest absolute Gasteiger partial charge is 0.336 e. The fraction of sp³-hybridized carbons (Fsp3) is 0.591. The molecule has 0 amide bonds. The molecule has 2 rings (SSSR count). The van der Waals surface area contributed by atoms with Crippen LogP contribution in [0, 0.1) is 11.3 Å². The van der Waals surface area contributed by atoms with E-state index >= 15 is 0 Å². The summed E-state index contributed by atoms with van der Waals surface area (Å²) in [5.74, 6) is 0.702. The maximum Gasteiger partial charge on any atom is 0.336 e. The first-order chi connectivity index (χ1) is 13.2. The number of nitrogens with zero attached hydrogens (tertiary/aromatic N) is 3. The van der Waals surface area contributed by atoms with Crippen molar-refractivity contribution in [3.05, 3.63) is 29.8 Å². The zero-order valence-corrected chi connectivity index (χ0v) is 18.0. The standard InChI is InChI=1S/C22H33N3O3/c1-7-17-8-10-18(11-9-17)20-23-21(28-13-12-27-6)24-25(20)19(26)14-16(2)15-22(3,4)5/h8-11,16H,7,12-15H2,1-6H3. The molecule has 1 aromatic heterocycles. The second-order valence-corrected chi connectivity index (χ2v) is 8.49. The van der Waals surface area contributed by atoms with Gasteiger partial charge in [0.05, 0.1) is 6.61 Å². The number of hydrogen-bond donors (Lipinski definition) is 0. The maximum atomic E-state index is 13.0. The van der Waals surface area contributed by atoms with Crippen molar-refractivity contribution in [1.82, 2.24) is 14.8 Å². The minimum atomic E-state index is -0.0691. The summed E-state index contributed by atoms with van der Waals surface area (Å²) in [6.07, 6.45) is 2.34. The zero-order chi connectivity index (χ0) is 20.7. The molecule has 6 nitrogen and oxygen atoms in total. The number of benzene rings is 1. The van der Waals surface area contributed by atoms with Crippen LogP contribution in [-0.2, 0) is 11.2 Å². The van der Waals surface area contributed by atoms with Gasteiger partial charge < -0.3 is 9.47 Å². The summed E-state index contributed by atoms with van der Waals surface area (Å²) >= 11 is 0. The lowest BCUT2D eigenvalue weighted by molar-refractivity contribution is 0.0854. The van der Waals surface area contributed by atoms with E-state index in [1.54, 1.807) is 7.11 Å². The number of rotatable bonds is 9. The van der Waals surface area contributed by atoms with E-state index in [0.717, 1.165) is 18.4 Å². The molecule has 0 bridgehead atoms. The molecule has 2 aromatic rings. The molecule has 0 aliphatic carbocycles. The highest BCUT2D eigenvalue weighted by Crippen LogP contribution is 2.27. The lowest BCUT2D eigenvalue weighted by atomic mass is 9.84. The van der Waals surface area contributed by atoms with Crippen molar-refractivity contribution >= 4 is 5.91 Å². The summed E-state index contributed by atoms with van der Waals surface area (Å²) < 4.78 is 11.9. The van der Waals surface area contributed by atoms with E-state index < -0.39 is 0 Å². The van der Waals surface area contributed by atoms with E-state index in [1.807, 2.05) is 24.3 Å². The fourth-order valence-electron chi connectivity index (χ4n) is 3.32. The molecule has 1 unspecified atom stereocenters. The normalized spacial score (nSPS) is 12.8. The highest BCUT2D eigenvalue weighted by molar-refractivity contribution is 5.82. The highest BCUT2D eigenvalue weighted by Gasteiger charge is 2.23. The van der Waals surface area contributed by atoms with Crippen LogP contribution in [0.5, 0.6) is 6.01 Å². The van der Waals surface area contributed by atoms with Gasteiger partial charge in [-0.15, -0.1) is 5.10 Å². The van der Waals surface area contributed by atoms with Crippen LogP contribution >= 0.6 is 0 Å². The molecule has 0 saturated carbocycles. The first-order valence-corrected chi connectivity index (χ1v) is 9.94. The molecular formula is C22H33N3O3. The molecule has 28 heavy (non-hydrogen) atoms. The van der Waals surface area contributed by atoms with Crippen LogP contribution < -0.4 is 4.74 Å². The van der Waals surface area contributed by atoms with Crippen LogP contribution in [0.1, 0.15) is 57.8 Å². The van der Waals surface area contributed by atoms with E-state index in [2.05, 4.69) is 44.7 Å². The second kappa shape index (κ2) is 9.82. The monoisotopic (exact) mass is 387 g/mol. The predicted octanol–water partition coefficient (Wildman–Crippen LogP) is 4.64. The average molecular weight is 388 g/mol. The molecule has 6 heteroatoms. The lowest BCUT2D eigenvalue weighted by Crippen LogP contribution is -2.20. The molecule has 1 aromatic carbocycles. The Morgan fingerprint density at radius 1 is 1.18 bits per heavy atom. The van der Waals surface area contributed by atoms with Gasteiger partial charge in [0.1, 0.15) is 6.61 Å². The van der Waals surface area contributed by atoms with Crippen molar-refractivity contribution in [3.8, 4) is 17.4 Å². The van der Waals surface area contributed by atoms with Crippen molar-refractivity contribution in [2.75, 3.05) is 20.3 Å². The SMILES string of the molecule is CCc1ccc(-c2nc(OCCOC)nn2C(=O)CC(C)CC(C)(C)C)cc1. The Bertz CT molecular complexity index is 760. The number of aryl methyl sites for hydroxylation is 1. The van der Waals surface area contributed by atoms with Crippen molar-refractivity contribution < 1.29 is 14.3 Å². The molecule has 0 radical (unpaired) electrons. The molecule has 0 aliphatic rings. The van der Waals surface area contributed by atoms with Gasteiger partial charge in [-0.2, -0.15) is 9.67 Å². The molecule has 1 heterocycles. The number of ether oxygens (including phenoxy) is 2. The van der Waals surface area contributed by atoms with Crippen LogP contribution in [0.2, 0.25) is 0 Å². The Morgan fingerprint density at radius 2 is 1.86 bits per heavy atom. The molecule has 0 fully saturated rings. The van der Waals surface area contributed by atoms with Gasteiger partial charge in [-0.3, -0.25) is 4.79 Å². The summed E-state index contributed by atoms with van der Waals surface area (Å²) in [4.78, 5) is 17.4. The summed E-state index contributed by atoms with van der Waals surface area (Å²) in [5.41, 5.74) is 2.26. The molecule has 0 aliphatic heterocycles. The summed E-state index contributed by atoms with van der Waals surface area (Å²) in [6.45, 7) is 11.5. The Hall–Kier alpha value is -2.21. The Labute approximate surface area is 168 Å².